The van der Waals surface area contributed by atoms with Crippen molar-refractivity contribution in [1.82, 2.24) is 5.32 Å². The van der Waals surface area contributed by atoms with Crippen LogP contribution in [-0.2, 0) is 13.1 Å². The minimum atomic E-state index is -0.444. The molecule has 2 aromatic rings. The maximum absolute atomic E-state index is 10.1. The molecule has 0 bridgehead atoms. The Labute approximate surface area is 136 Å². The number of nitrogens with one attached hydrogen (secondary N) is 1. The number of anilines is 1. The Morgan fingerprint density at radius 2 is 2.00 bits per heavy atom. The number of nitrogens with zero attached hydrogens (tertiary/aromatic N) is 1. The van der Waals surface area contributed by atoms with Crippen molar-refractivity contribution in [2.45, 2.75) is 38.0 Å². The van der Waals surface area contributed by atoms with Gasteiger partial charge in [-0.05, 0) is 48.4 Å². The zero-order chi connectivity index (χ0) is 15.4. The van der Waals surface area contributed by atoms with Gasteiger partial charge in [-0.2, -0.15) is 0 Å². The molecule has 3 nitrogen and oxygen atoms in total. The summed E-state index contributed by atoms with van der Waals surface area (Å²) in [6, 6.07) is 12.9. The molecule has 0 radical (unpaired) electrons. The van der Waals surface area contributed by atoms with Crippen LogP contribution in [0, 0.1) is 0 Å². The molecule has 4 heteroatoms. The summed E-state index contributed by atoms with van der Waals surface area (Å²) < 4.78 is 0. The number of hydrogen-bond donors (Lipinski definition) is 2. The van der Waals surface area contributed by atoms with Gasteiger partial charge in [-0.25, -0.2) is 0 Å². The van der Waals surface area contributed by atoms with Crippen LogP contribution in [0.25, 0.3) is 0 Å². The van der Waals surface area contributed by atoms with Gasteiger partial charge < -0.3 is 15.3 Å². The minimum Gasteiger partial charge on any atom is -0.389 e. The fourth-order valence-corrected chi connectivity index (χ4v) is 3.55. The van der Waals surface area contributed by atoms with E-state index < -0.39 is 5.60 Å². The van der Waals surface area contributed by atoms with Crippen LogP contribution in [0.4, 0.5) is 5.69 Å². The van der Waals surface area contributed by atoms with Gasteiger partial charge in [0.15, 0.2) is 0 Å². The zero-order valence-electron chi connectivity index (χ0n) is 13.1. The zero-order valence-corrected chi connectivity index (χ0v) is 13.9. The fourth-order valence-electron chi connectivity index (χ4n) is 2.80. The molecule has 3 rings (SSSR count). The van der Waals surface area contributed by atoms with Gasteiger partial charge in [0.2, 0.25) is 0 Å². The molecular weight excluding hydrogens is 292 g/mol. The molecule has 0 aliphatic heterocycles. The second-order valence-corrected chi connectivity index (χ2v) is 7.32. The van der Waals surface area contributed by atoms with Gasteiger partial charge in [0.05, 0.1) is 12.1 Å². The van der Waals surface area contributed by atoms with E-state index in [-0.39, 0.29) is 0 Å². The molecule has 22 heavy (non-hydrogen) atoms. The van der Waals surface area contributed by atoms with E-state index >= 15 is 0 Å². The third kappa shape index (κ3) is 3.88. The Morgan fingerprint density at radius 1 is 1.23 bits per heavy atom. The molecule has 1 aromatic heterocycles. The standard InChI is InChI=1S/C18H24N2OS/c1-20(13-17-4-2-11-22-17)16-7-5-15(6-8-16)12-19-14-18(21)9-3-10-18/h2,4-8,11,19,21H,3,9-10,12-14H2,1H3. The first-order valence-electron chi connectivity index (χ1n) is 7.90. The van der Waals surface area contributed by atoms with Crippen molar-refractivity contribution >= 4 is 17.0 Å². The van der Waals surface area contributed by atoms with E-state index in [0.29, 0.717) is 6.54 Å². The fraction of sp³-hybridized carbons (Fsp3) is 0.444. The molecule has 1 aliphatic carbocycles. The molecule has 1 saturated carbocycles. The van der Waals surface area contributed by atoms with Crippen molar-refractivity contribution in [2.24, 2.45) is 0 Å². The van der Waals surface area contributed by atoms with E-state index in [4.69, 9.17) is 0 Å². The Morgan fingerprint density at radius 3 is 2.59 bits per heavy atom. The highest BCUT2D eigenvalue weighted by Gasteiger charge is 2.33. The molecule has 0 saturated heterocycles. The maximum Gasteiger partial charge on any atom is 0.0771 e. The van der Waals surface area contributed by atoms with Gasteiger partial charge >= 0.3 is 0 Å². The molecule has 1 aliphatic rings. The van der Waals surface area contributed by atoms with Gasteiger partial charge in [-0.3, -0.25) is 0 Å². The highest BCUT2D eigenvalue weighted by Crippen LogP contribution is 2.30. The molecule has 0 amide bonds. The van der Waals surface area contributed by atoms with E-state index in [0.717, 1.165) is 32.4 Å². The lowest BCUT2D eigenvalue weighted by Crippen LogP contribution is -2.45. The Balaban J connectivity index is 1.49. The van der Waals surface area contributed by atoms with Crippen LogP contribution in [0.2, 0.25) is 0 Å². The normalized spacial score (nSPS) is 16.3. The van der Waals surface area contributed by atoms with Gasteiger partial charge in [0.1, 0.15) is 0 Å². The van der Waals surface area contributed by atoms with Gasteiger partial charge in [-0.1, -0.05) is 18.2 Å². The van der Waals surface area contributed by atoms with Crippen molar-refractivity contribution in [3.05, 3.63) is 52.2 Å². The van der Waals surface area contributed by atoms with Crippen LogP contribution in [0.1, 0.15) is 29.7 Å². The van der Waals surface area contributed by atoms with Crippen LogP contribution in [0.15, 0.2) is 41.8 Å². The predicted molar refractivity (Wildman–Crippen MR) is 93.4 cm³/mol. The minimum absolute atomic E-state index is 0.444. The van der Waals surface area contributed by atoms with Crippen LogP contribution < -0.4 is 10.2 Å². The van der Waals surface area contributed by atoms with E-state index in [2.05, 4.69) is 59.0 Å². The van der Waals surface area contributed by atoms with Crippen molar-refractivity contribution in [3.63, 3.8) is 0 Å². The molecule has 2 N–H and O–H groups in total. The summed E-state index contributed by atoms with van der Waals surface area (Å²) >= 11 is 1.79. The monoisotopic (exact) mass is 316 g/mol. The molecule has 0 atom stereocenters. The first-order chi connectivity index (χ1) is 10.6. The van der Waals surface area contributed by atoms with Crippen LogP contribution in [-0.4, -0.2) is 24.3 Å². The first kappa shape index (κ1) is 15.5. The SMILES string of the molecule is CN(Cc1cccs1)c1ccc(CNCC2(O)CCC2)cc1. The quantitative estimate of drug-likeness (QED) is 0.822. The average molecular weight is 316 g/mol. The summed E-state index contributed by atoms with van der Waals surface area (Å²) in [5, 5.41) is 15.5. The summed E-state index contributed by atoms with van der Waals surface area (Å²) in [5.74, 6) is 0. The maximum atomic E-state index is 10.1. The first-order valence-corrected chi connectivity index (χ1v) is 8.78. The van der Waals surface area contributed by atoms with Crippen LogP contribution in [0.3, 0.4) is 0 Å². The molecular formula is C18H24N2OS. The smallest absolute Gasteiger partial charge is 0.0771 e. The van der Waals surface area contributed by atoms with Crippen LogP contribution in [0.5, 0.6) is 0 Å². The molecule has 1 fully saturated rings. The average Bonchev–Trinajstić information content (AvgIpc) is 2.99. The predicted octanol–water partition coefficient (Wildman–Crippen LogP) is 3.39. The molecule has 0 unspecified atom stereocenters. The number of hydrogen-bond acceptors (Lipinski definition) is 4. The van der Waals surface area contributed by atoms with E-state index in [1.165, 1.54) is 16.1 Å². The van der Waals surface area contributed by atoms with E-state index in [9.17, 15) is 5.11 Å². The Bertz CT molecular complexity index is 576. The van der Waals surface area contributed by atoms with E-state index in [1.807, 2.05) is 0 Å². The largest absolute Gasteiger partial charge is 0.389 e. The number of rotatable bonds is 7. The van der Waals surface area contributed by atoms with Gasteiger partial charge in [0.25, 0.3) is 0 Å². The molecule has 0 spiro atoms. The number of benzene rings is 1. The van der Waals surface area contributed by atoms with Gasteiger partial charge in [-0.15, -0.1) is 11.3 Å². The Kier molecular flexibility index (Phi) is 4.81. The lowest BCUT2D eigenvalue weighted by Gasteiger charge is -2.36. The summed E-state index contributed by atoms with van der Waals surface area (Å²) in [4.78, 5) is 3.64. The van der Waals surface area contributed by atoms with E-state index in [1.54, 1.807) is 11.3 Å². The van der Waals surface area contributed by atoms with Crippen molar-refractivity contribution in [1.29, 1.82) is 0 Å². The number of aliphatic hydroxyl groups is 1. The van der Waals surface area contributed by atoms with Crippen molar-refractivity contribution in [2.75, 3.05) is 18.5 Å². The molecule has 1 aromatic carbocycles. The van der Waals surface area contributed by atoms with Crippen molar-refractivity contribution < 1.29 is 5.11 Å². The Hall–Kier alpha value is -1.36. The second kappa shape index (κ2) is 6.82. The summed E-state index contributed by atoms with van der Waals surface area (Å²) in [7, 11) is 2.12. The molecule has 118 valence electrons. The third-order valence-corrected chi connectivity index (χ3v) is 5.28. The van der Waals surface area contributed by atoms with Crippen LogP contribution >= 0.6 is 11.3 Å². The summed E-state index contributed by atoms with van der Waals surface area (Å²) in [6.07, 6.45) is 3.03. The lowest BCUT2D eigenvalue weighted by atomic mass is 9.80. The highest BCUT2D eigenvalue weighted by molar-refractivity contribution is 7.09. The van der Waals surface area contributed by atoms with Crippen molar-refractivity contribution in [3.8, 4) is 0 Å². The number of thiophene rings is 1. The third-order valence-electron chi connectivity index (χ3n) is 4.42. The second-order valence-electron chi connectivity index (χ2n) is 6.28. The highest BCUT2D eigenvalue weighted by atomic mass is 32.1. The lowest BCUT2D eigenvalue weighted by molar-refractivity contribution is -0.0314. The summed E-state index contributed by atoms with van der Waals surface area (Å²) in [5.41, 5.74) is 2.05. The topological polar surface area (TPSA) is 35.5 Å². The van der Waals surface area contributed by atoms with Gasteiger partial charge in [0, 0.05) is 30.7 Å². The summed E-state index contributed by atoms with van der Waals surface area (Å²) in [6.45, 7) is 2.46. The molecule has 1 heterocycles.